The lowest BCUT2D eigenvalue weighted by Crippen LogP contribution is -2.31. The Hall–Kier alpha value is -1.76. The summed E-state index contributed by atoms with van der Waals surface area (Å²) in [6.07, 6.45) is 35.7. The van der Waals surface area contributed by atoms with Crippen LogP contribution in [-0.4, -0.2) is 74.7 Å². The van der Waals surface area contributed by atoms with Crippen LogP contribution in [0.1, 0.15) is 220 Å². The molecule has 1 N–H and O–H groups in total. The molecule has 0 aromatic heterocycles. The summed E-state index contributed by atoms with van der Waals surface area (Å²) < 4.78 is 11.5. The van der Waals surface area contributed by atoms with Crippen LogP contribution in [0.3, 0.4) is 0 Å². The molecule has 0 amide bonds. The molecule has 0 aromatic carbocycles. The van der Waals surface area contributed by atoms with Gasteiger partial charge in [0.05, 0.1) is 12.4 Å². The van der Waals surface area contributed by atoms with Crippen molar-refractivity contribution in [3.8, 4) is 0 Å². The van der Waals surface area contributed by atoms with Gasteiger partial charge in [-0.05, 0) is 83.8 Å². The van der Waals surface area contributed by atoms with Gasteiger partial charge >= 0.3 is 11.9 Å². The molecule has 1 atom stereocenters. The molecule has 7 heteroatoms. The van der Waals surface area contributed by atoms with E-state index >= 15 is 0 Å². The van der Waals surface area contributed by atoms with Gasteiger partial charge in [-0.15, -0.1) is 0 Å². The van der Waals surface area contributed by atoms with Gasteiger partial charge in [0.2, 0.25) is 0 Å². The summed E-state index contributed by atoms with van der Waals surface area (Å²) in [6.45, 7) is 15.7. The molecule has 0 aliphatic heterocycles. The molecule has 0 heterocycles. The molecule has 0 spiro atoms. The second-order valence-corrected chi connectivity index (χ2v) is 16.0. The standard InChI is InChI=1S/C46H91N3O4/c1-7-10-13-16-17-25-32-42-52-45(50)36-28-21-18-23-30-39-49(41-33-38-47-43(4)48(5)6)40-31-24-19-22-29-37-46(51)53-44(34-26-15-12-9-3)35-27-20-14-11-8-2/h44,47H,4,7-42H2,1-3,5-6H3. The monoisotopic (exact) mass is 750 g/mol. The summed E-state index contributed by atoms with van der Waals surface area (Å²) in [4.78, 5) is 29.5. The van der Waals surface area contributed by atoms with Gasteiger partial charge in [0.25, 0.3) is 0 Å². The third-order valence-corrected chi connectivity index (χ3v) is 10.5. The molecule has 53 heavy (non-hydrogen) atoms. The van der Waals surface area contributed by atoms with Crippen LogP contribution in [0.2, 0.25) is 0 Å². The average molecular weight is 750 g/mol. The van der Waals surface area contributed by atoms with Crippen molar-refractivity contribution in [3.05, 3.63) is 12.4 Å². The molecule has 0 rings (SSSR count). The lowest BCUT2D eigenvalue weighted by atomic mass is 10.0. The maximum atomic E-state index is 12.7. The van der Waals surface area contributed by atoms with Crippen LogP contribution in [-0.2, 0) is 19.1 Å². The maximum absolute atomic E-state index is 12.7. The van der Waals surface area contributed by atoms with Crippen LogP contribution < -0.4 is 5.32 Å². The second kappa shape index (κ2) is 39.9. The Morgan fingerprint density at radius 1 is 0.528 bits per heavy atom. The van der Waals surface area contributed by atoms with Gasteiger partial charge in [-0.2, -0.15) is 0 Å². The Morgan fingerprint density at radius 3 is 1.47 bits per heavy atom. The Balaban J connectivity index is 4.29. The molecule has 0 aromatic rings. The first kappa shape index (κ1) is 51.2. The molecular weight excluding hydrogens is 659 g/mol. The zero-order valence-corrected chi connectivity index (χ0v) is 36.3. The fraction of sp³-hybridized carbons (Fsp3) is 0.913. The van der Waals surface area contributed by atoms with Gasteiger partial charge in [-0.1, -0.05) is 149 Å². The first-order valence-electron chi connectivity index (χ1n) is 23.0. The van der Waals surface area contributed by atoms with E-state index in [1.54, 1.807) is 0 Å². The maximum Gasteiger partial charge on any atom is 0.306 e. The number of unbranched alkanes of at least 4 members (excludes halogenated alkanes) is 21. The largest absolute Gasteiger partial charge is 0.466 e. The summed E-state index contributed by atoms with van der Waals surface area (Å²) in [7, 11) is 4.04. The lowest BCUT2D eigenvalue weighted by molar-refractivity contribution is -0.150. The van der Waals surface area contributed by atoms with Crippen molar-refractivity contribution in [2.24, 2.45) is 0 Å². The predicted molar refractivity (Wildman–Crippen MR) is 228 cm³/mol. The van der Waals surface area contributed by atoms with Crippen LogP contribution in [0.5, 0.6) is 0 Å². The minimum Gasteiger partial charge on any atom is -0.466 e. The number of ether oxygens (including phenoxy) is 2. The normalized spacial score (nSPS) is 11.9. The highest BCUT2D eigenvalue weighted by Gasteiger charge is 2.14. The molecule has 0 radical (unpaired) electrons. The van der Waals surface area contributed by atoms with Gasteiger partial charge in [-0.25, -0.2) is 0 Å². The van der Waals surface area contributed by atoms with E-state index in [2.05, 4.69) is 37.6 Å². The van der Waals surface area contributed by atoms with E-state index in [1.165, 1.54) is 135 Å². The predicted octanol–water partition coefficient (Wildman–Crippen LogP) is 12.5. The van der Waals surface area contributed by atoms with Crippen molar-refractivity contribution in [1.82, 2.24) is 15.1 Å². The topological polar surface area (TPSA) is 71.1 Å². The number of nitrogens with one attached hydrogen (secondary N) is 1. The highest BCUT2D eigenvalue weighted by Crippen LogP contribution is 2.18. The van der Waals surface area contributed by atoms with Gasteiger partial charge in [0.15, 0.2) is 0 Å². The Kier molecular flexibility index (Phi) is 38.6. The molecule has 0 aliphatic carbocycles. The number of carbonyl (C=O) groups is 2. The number of hydrogen-bond donors (Lipinski definition) is 1. The number of rotatable bonds is 42. The van der Waals surface area contributed by atoms with E-state index in [-0.39, 0.29) is 18.0 Å². The molecule has 314 valence electrons. The van der Waals surface area contributed by atoms with Crippen LogP contribution in [0.25, 0.3) is 0 Å². The smallest absolute Gasteiger partial charge is 0.306 e. The summed E-state index contributed by atoms with van der Waals surface area (Å²) in [5.41, 5.74) is 0. The molecule has 7 nitrogen and oxygen atoms in total. The molecular formula is C46H91N3O4. The van der Waals surface area contributed by atoms with E-state index in [9.17, 15) is 9.59 Å². The number of nitrogens with zero attached hydrogens (tertiary/aromatic N) is 2. The van der Waals surface area contributed by atoms with Crippen molar-refractivity contribution in [2.45, 2.75) is 226 Å². The zero-order chi connectivity index (χ0) is 39.0. The fourth-order valence-corrected chi connectivity index (χ4v) is 6.90. The lowest BCUT2D eigenvalue weighted by Gasteiger charge is -2.23. The van der Waals surface area contributed by atoms with Crippen LogP contribution >= 0.6 is 0 Å². The van der Waals surface area contributed by atoms with E-state index < -0.39 is 0 Å². The summed E-state index contributed by atoms with van der Waals surface area (Å²) in [5, 5.41) is 3.44. The van der Waals surface area contributed by atoms with Gasteiger partial charge < -0.3 is 24.6 Å². The quantitative estimate of drug-likeness (QED) is 0.0492. The average Bonchev–Trinajstić information content (AvgIpc) is 3.14. The second-order valence-electron chi connectivity index (χ2n) is 16.0. The van der Waals surface area contributed by atoms with E-state index in [0.717, 1.165) is 83.4 Å². The minimum absolute atomic E-state index is 0.0158. The van der Waals surface area contributed by atoms with E-state index in [1.807, 2.05) is 19.0 Å². The Labute approximate surface area is 330 Å². The molecule has 0 aliphatic rings. The molecule has 0 saturated carbocycles. The van der Waals surface area contributed by atoms with Crippen molar-refractivity contribution in [3.63, 3.8) is 0 Å². The summed E-state index contributed by atoms with van der Waals surface area (Å²) in [5.74, 6) is 0.972. The first-order chi connectivity index (χ1) is 25.8. The Bertz CT molecular complexity index is 821. The fourth-order valence-electron chi connectivity index (χ4n) is 6.90. The van der Waals surface area contributed by atoms with Crippen molar-refractivity contribution in [2.75, 3.05) is 46.9 Å². The van der Waals surface area contributed by atoms with Gasteiger partial charge in [0, 0.05) is 33.5 Å². The Morgan fingerprint density at radius 2 is 0.943 bits per heavy atom. The van der Waals surface area contributed by atoms with Gasteiger partial charge in [-0.3, -0.25) is 9.59 Å². The number of hydrogen-bond acceptors (Lipinski definition) is 7. The highest BCUT2D eigenvalue weighted by molar-refractivity contribution is 5.69. The number of esters is 2. The zero-order valence-electron chi connectivity index (χ0n) is 36.3. The number of carbonyl (C=O) groups excluding carboxylic acids is 2. The third kappa shape index (κ3) is 37.0. The molecule has 0 fully saturated rings. The molecule has 0 saturated heterocycles. The molecule has 0 bridgehead atoms. The SMILES string of the molecule is C=C(NCCCN(CCCCCCCC(=O)OCCCCCCCCC)CCCCCCCC(=O)OC(CCCCCC)CCCCCCC)N(C)C. The van der Waals surface area contributed by atoms with Crippen molar-refractivity contribution >= 4 is 11.9 Å². The van der Waals surface area contributed by atoms with Crippen LogP contribution in [0.15, 0.2) is 12.4 Å². The van der Waals surface area contributed by atoms with Crippen LogP contribution in [0.4, 0.5) is 0 Å². The van der Waals surface area contributed by atoms with Crippen molar-refractivity contribution in [1.29, 1.82) is 0 Å². The third-order valence-electron chi connectivity index (χ3n) is 10.5. The summed E-state index contributed by atoms with van der Waals surface area (Å²) in [6, 6.07) is 0. The van der Waals surface area contributed by atoms with E-state index in [0.29, 0.717) is 19.4 Å². The summed E-state index contributed by atoms with van der Waals surface area (Å²) >= 11 is 0. The van der Waals surface area contributed by atoms with Crippen molar-refractivity contribution < 1.29 is 19.1 Å². The highest BCUT2D eigenvalue weighted by atomic mass is 16.5. The van der Waals surface area contributed by atoms with E-state index in [4.69, 9.17) is 9.47 Å². The first-order valence-corrected chi connectivity index (χ1v) is 23.0. The molecule has 1 unspecified atom stereocenters. The minimum atomic E-state index is -0.0158. The van der Waals surface area contributed by atoms with Crippen LogP contribution in [0, 0.1) is 0 Å². The van der Waals surface area contributed by atoms with Gasteiger partial charge in [0.1, 0.15) is 6.10 Å².